The Morgan fingerprint density at radius 1 is 1.03 bits per heavy atom. The van der Waals surface area contributed by atoms with Gasteiger partial charge in [0.1, 0.15) is 5.75 Å². The fourth-order valence-corrected chi connectivity index (χ4v) is 4.29. The fourth-order valence-electron chi connectivity index (χ4n) is 4.29. The van der Waals surface area contributed by atoms with Crippen molar-refractivity contribution in [1.29, 1.82) is 0 Å². The van der Waals surface area contributed by atoms with E-state index in [0.29, 0.717) is 0 Å². The molecule has 0 amide bonds. The number of carbonyl (C=O) groups is 1. The molecule has 0 unspecified atom stereocenters. The summed E-state index contributed by atoms with van der Waals surface area (Å²) in [5.41, 5.74) is 7.09. The first-order valence-corrected chi connectivity index (χ1v) is 10.4. The Balaban J connectivity index is 2.20. The van der Waals surface area contributed by atoms with Gasteiger partial charge >= 0.3 is 5.97 Å². The van der Waals surface area contributed by atoms with Gasteiger partial charge in [0.2, 0.25) is 0 Å². The lowest BCUT2D eigenvalue weighted by atomic mass is 9.62. The summed E-state index contributed by atoms with van der Waals surface area (Å²) in [6.07, 6.45) is 5.07. The van der Waals surface area contributed by atoms with Crippen LogP contribution >= 0.6 is 0 Å². The lowest BCUT2D eigenvalue weighted by Crippen LogP contribution is -2.34. The van der Waals surface area contributed by atoms with E-state index in [1.165, 1.54) is 23.1 Å². The molecule has 4 heteroatoms. The number of aryl methyl sites for hydroxylation is 1. The molecule has 0 heterocycles. The first-order valence-electron chi connectivity index (χ1n) is 10.4. The third-order valence-electron chi connectivity index (χ3n) is 6.24. The maximum absolute atomic E-state index is 11.0. The molecule has 2 aromatic rings. The first-order chi connectivity index (χ1) is 14.0. The number of methoxy groups -OCH3 is 1. The number of rotatable bonds is 6. The van der Waals surface area contributed by atoms with Gasteiger partial charge in [-0.3, -0.25) is 0 Å². The topological polar surface area (TPSA) is 55.8 Å². The number of benzene rings is 2. The van der Waals surface area contributed by atoms with Crippen LogP contribution in [0.3, 0.4) is 0 Å². The minimum Gasteiger partial charge on any atom is -0.478 e. The Hall–Kier alpha value is -2.59. The Bertz CT molecular complexity index is 983. The second-order valence-electron chi connectivity index (χ2n) is 9.46. The molecule has 0 radical (unpaired) electrons. The molecular weight excluding hydrogens is 376 g/mol. The van der Waals surface area contributed by atoms with Gasteiger partial charge in [0.15, 0.2) is 6.79 Å². The number of ether oxygens (including phenoxy) is 2. The second kappa shape index (κ2) is 8.27. The van der Waals surface area contributed by atoms with E-state index in [9.17, 15) is 4.79 Å². The second-order valence-corrected chi connectivity index (χ2v) is 9.46. The van der Waals surface area contributed by atoms with E-state index in [1.54, 1.807) is 13.2 Å². The average molecular weight is 409 g/mol. The molecule has 1 aliphatic carbocycles. The van der Waals surface area contributed by atoms with E-state index in [2.05, 4.69) is 46.8 Å². The van der Waals surface area contributed by atoms with E-state index < -0.39 is 5.97 Å². The molecule has 0 spiro atoms. The SMILES string of the molecule is COCOc1ccc(C=CC(=O)O)cc1-c1cc2c(cc1C)C(C)(C)CCC2(C)C. The van der Waals surface area contributed by atoms with E-state index in [1.807, 2.05) is 18.2 Å². The number of aliphatic carboxylic acids is 1. The molecule has 1 aliphatic rings. The van der Waals surface area contributed by atoms with Crippen molar-refractivity contribution in [2.75, 3.05) is 13.9 Å². The molecule has 0 aliphatic heterocycles. The zero-order valence-corrected chi connectivity index (χ0v) is 18.8. The van der Waals surface area contributed by atoms with Crippen molar-refractivity contribution in [3.05, 3.63) is 58.7 Å². The standard InChI is InChI=1S/C26H32O4/c1-17-13-21-22(26(4,5)12-11-25(21,2)3)15-19(17)20-14-18(8-10-24(27)28)7-9-23(20)30-16-29-6/h7-10,13-15H,11-12,16H2,1-6H3,(H,27,28). The lowest BCUT2D eigenvalue weighted by Gasteiger charge is -2.42. The van der Waals surface area contributed by atoms with Crippen molar-refractivity contribution in [1.82, 2.24) is 0 Å². The monoisotopic (exact) mass is 408 g/mol. The summed E-state index contributed by atoms with van der Waals surface area (Å²) in [7, 11) is 1.60. The van der Waals surface area contributed by atoms with Gasteiger partial charge in [-0.2, -0.15) is 0 Å². The average Bonchev–Trinajstić information content (AvgIpc) is 2.68. The van der Waals surface area contributed by atoms with E-state index >= 15 is 0 Å². The molecule has 30 heavy (non-hydrogen) atoms. The van der Waals surface area contributed by atoms with Crippen LogP contribution in [0.15, 0.2) is 36.4 Å². The first kappa shape index (κ1) is 22.1. The number of fused-ring (bicyclic) bond motifs is 1. The van der Waals surface area contributed by atoms with Gasteiger partial charge in [-0.15, -0.1) is 0 Å². The summed E-state index contributed by atoms with van der Waals surface area (Å²) in [6.45, 7) is 11.6. The van der Waals surface area contributed by atoms with Crippen molar-refractivity contribution >= 4 is 12.0 Å². The summed E-state index contributed by atoms with van der Waals surface area (Å²) in [6, 6.07) is 10.4. The summed E-state index contributed by atoms with van der Waals surface area (Å²) in [5.74, 6) is -0.245. The van der Waals surface area contributed by atoms with Crippen molar-refractivity contribution < 1.29 is 19.4 Å². The van der Waals surface area contributed by atoms with Crippen LogP contribution in [0.2, 0.25) is 0 Å². The summed E-state index contributed by atoms with van der Waals surface area (Å²) >= 11 is 0. The highest BCUT2D eigenvalue weighted by molar-refractivity contribution is 5.86. The van der Waals surface area contributed by atoms with Crippen molar-refractivity contribution in [2.45, 2.75) is 58.3 Å². The van der Waals surface area contributed by atoms with Crippen LogP contribution in [0.4, 0.5) is 0 Å². The molecule has 0 fully saturated rings. The van der Waals surface area contributed by atoms with Gasteiger partial charge in [0, 0.05) is 18.7 Å². The quantitative estimate of drug-likeness (QED) is 0.464. The van der Waals surface area contributed by atoms with Gasteiger partial charge in [0.25, 0.3) is 0 Å². The van der Waals surface area contributed by atoms with Gasteiger partial charge < -0.3 is 14.6 Å². The van der Waals surface area contributed by atoms with Crippen molar-refractivity contribution in [2.24, 2.45) is 0 Å². The van der Waals surface area contributed by atoms with Crippen LogP contribution < -0.4 is 4.74 Å². The Labute approximate surface area is 179 Å². The van der Waals surface area contributed by atoms with Crippen molar-refractivity contribution in [3.63, 3.8) is 0 Å². The fraction of sp³-hybridized carbons (Fsp3) is 0.423. The van der Waals surface area contributed by atoms with E-state index in [-0.39, 0.29) is 17.6 Å². The Morgan fingerprint density at radius 2 is 1.67 bits per heavy atom. The third kappa shape index (κ3) is 4.44. The number of hydrogen-bond donors (Lipinski definition) is 1. The van der Waals surface area contributed by atoms with Crippen LogP contribution in [0.1, 0.15) is 62.8 Å². The molecule has 2 aromatic carbocycles. The van der Waals surface area contributed by atoms with Crippen molar-refractivity contribution in [3.8, 4) is 16.9 Å². The molecule has 0 atom stereocenters. The highest BCUT2D eigenvalue weighted by Gasteiger charge is 2.37. The molecule has 0 aromatic heterocycles. The predicted molar refractivity (Wildman–Crippen MR) is 121 cm³/mol. The van der Waals surface area contributed by atoms with Gasteiger partial charge in [-0.25, -0.2) is 4.79 Å². The Kier molecular flexibility index (Phi) is 6.09. The molecule has 0 saturated heterocycles. The lowest BCUT2D eigenvalue weighted by molar-refractivity contribution is -0.131. The van der Waals surface area contributed by atoms with Crippen LogP contribution in [-0.2, 0) is 20.4 Å². The summed E-state index contributed by atoms with van der Waals surface area (Å²) < 4.78 is 11.0. The largest absolute Gasteiger partial charge is 0.478 e. The summed E-state index contributed by atoms with van der Waals surface area (Å²) in [4.78, 5) is 11.0. The third-order valence-corrected chi connectivity index (χ3v) is 6.24. The molecule has 160 valence electrons. The number of carboxylic acids is 1. The minimum atomic E-state index is -0.967. The van der Waals surface area contributed by atoms with Crippen LogP contribution in [0.5, 0.6) is 5.75 Å². The normalized spacial score (nSPS) is 17.0. The van der Waals surface area contributed by atoms with Crippen LogP contribution in [-0.4, -0.2) is 25.0 Å². The minimum absolute atomic E-state index is 0.0989. The molecule has 3 rings (SSSR count). The Morgan fingerprint density at radius 3 is 2.27 bits per heavy atom. The summed E-state index contributed by atoms with van der Waals surface area (Å²) in [5, 5.41) is 8.99. The number of hydrogen-bond acceptors (Lipinski definition) is 3. The van der Waals surface area contributed by atoms with Gasteiger partial charge in [-0.1, -0.05) is 39.8 Å². The highest BCUT2D eigenvalue weighted by Crippen LogP contribution is 2.48. The number of carboxylic acid groups (broad SMARTS) is 1. The van der Waals surface area contributed by atoms with Gasteiger partial charge in [0.05, 0.1) is 0 Å². The molecule has 4 nitrogen and oxygen atoms in total. The predicted octanol–water partition coefficient (Wildman–Crippen LogP) is 6.09. The van der Waals surface area contributed by atoms with Gasteiger partial charge in [-0.05, 0) is 82.7 Å². The molecule has 0 bridgehead atoms. The van der Waals surface area contributed by atoms with E-state index in [0.717, 1.165) is 34.9 Å². The maximum Gasteiger partial charge on any atom is 0.328 e. The maximum atomic E-state index is 11.0. The molecule has 0 saturated carbocycles. The van der Waals surface area contributed by atoms with E-state index in [4.69, 9.17) is 14.6 Å². The molecular formula is C26H32O4. The van der Waals surface area contributed by atoms with Crippen LogP contribution in [0, 0.1) is 6.92 Å². The highest BCUT2D eigenvalue weighted by atomic mass is 16.7. The zero-order valence-electron chi connectivity index (χ0n) is 18.8. The van der Waals surface area contributed by atoms with Crippen LogP contribution in [0.25, 0.3) is 17.2 Å². The smallest absolute Gasteiger partial charge is 0.328 e. The molecule has 1 N–H and O–H groups in total. The zero-order chi connectivity index (χ0) is 22.1.